The molecule has 0 heterocycles. The summed E-state index contributed by atoms with van der Waals surface area (Å²) in [6.45, 7) is 7.32. The third-order valence-corrected chi connectivity index (χ3v) is 4.87. The van der Waals surface area contributed by atoms with Crippen LogP contribution in [-0.2, 0) is 16.1 Å². The predicted molar refractivity (Wildman–Crippen MR) is 116 cm³/mol. The van der Waals surface area contributed by atoms with Gasteiger partial charge in [0.05, 0.1) is 6.61 Å². The number of ether oxygens (including phenoxy) is 1. The Morgan fingerprint density at radius 3 is 2.45 bits per heavy atom. The smallest absolute Gasteiger partial charge is 0.242 e. The van der Waals surface area contributed by atoms with Crippen LogP contribution in [0, 0.1) is 6.92 Å². The highest BCUT2D eigenvalue weighted by atomic mass is 16.5. The molecule has 0 saturated carbocycles. The number of nitrogens with zero attached hydrogens (tertiary/aromatic N) is 1. The zero-order valence-electron chi connectivity index (χ0n) is 17.7. The van der Waals surface area contributed by atoms with Crippen LogP contribution in [0.25, 0.3) is 0 Å². The number of para-hydroxylation sites is 1. The van der Waals surface area contributed by atoms with Gasteiger partial charge in [-0.25, -0.2) is 0 Å². The summed E-state index contributed by atoms with van der Waals surface area (Å²) in [6.07, 6.45) is 1.80. The van der Waals surface area contributed by atoms with Crippen LogP contribution in [0.15, 0.2) is 54.6 Å². The van der Waals surface area contributed by atoms with Gasteiger partial charge in [0.25, 0.3) is 0 Å². The lowest BCUT2D eigenvalue weighted by Crippen LogP contribution is -2.47. The van der Waals surface area contributed by atoms with Gasteiger partial charge in [-0.15, -0.1) is 0 Å². The van der Waals surface area contributed by atoms with Crippen LogP contribution < -0.4 is 10.1 Å². The monoisotopic (exact) mass is 396 g/mol. The Balaban J connectivity index is 1.99. The van der Waals surface area contributed by atoms with Gasteiger partial charge in [-0.2, -0.15) is 0 Å². The molecular weight excluding hydrogens is 364 g/mol. The number of carbonyl (C=O) groups excluding carboxylic acids is 2. The lowest BCUT2D eigenvalue weighted by molar-refractivity contribution is -0.140. The average Bonchev–Trinajstić information content (AvgIpc) is 2.74. The van der Waals surface area contributed by atoms with Crippen LogP contribution in [-0.4, -0.2) is 35.9 Å². The Bertz CT molecular complexity index is 777. The van der Waals surface area contributed by atoms with Gasteiger partial charge in [0.1, 0.15) is 11.8 Å². The first-order valence-electron chi connectivity index (χ1n) is 10.3. The number of carbonyl (C=O) groups is 2. The molecule has 2 rings (SSSR count). The molecular formula is C24H32N2O3. The molecule has 2 aromatic rings. The number of rotatable bonds is 11. The molecule has 5 nitrogen and oxygen atoms in total. The summed E-state index contributed by atoms with van der Waals surface area (Å²) in [5, 5.41) is 2.90. The van der Waals surface area contributed by atoms with E-state index in [1.165, 1.54) is 0 Å². The highest BCUT2D eigenvalue weighted by molar-refractivity contribution is 5.87. The minimum atomic E-state index is -0.524. The van der Waals surface area contributed by atoms with Crippen molar-refractivity contribution in [2.75, 3.05) is 13.2 Å². The molecule has 0 bridgehead atoms. The summed E-state index contributed by atoms with van der Waals surface area (Å²) in [4.78, 5) is 27.2. The van der Waals surface area contributed by atoms with Crippen molar-refractivity contribution in [1.29, 1.82) is 0 Å². The van der Waals surface area contributed by atoms with Gasteiger partial charge in [-0.3, -0.25) is 9.59 Å². The molecule has 0 aliphatic carbocycles. The van der Waals surface area contributed by atoms with Gasteiger partial charge in [-0.05, 0) is 49.9 Å². The van der Waals surface area contributed by atoms with Crippen molar-refractivity contribution in [2.24, 2.45) is 0 Å². The molecule has 0 saturated heterocycles. The fraction of sp³-hybridized carbons (Fsp3) is 0.417. The van der Waals surface area contributed by atoms with E-state index in [0.29, 0.717) is 32.5 Å². The first-order valence-corrected chi connectivity index (χ1v) is 10.3. The lowest BCUT2D eigenvalue weighted by Gasteiger charge is -2.29. The second kappa shape index (κ2) is 11.9. The van der Waals surface area contributed by atoms with Crippen molar-refractivity contribution in [2.45, 2.75) is 52.6 Å². The molecule has 0 unspecified atom stereocenters. The van der Waals surface area contributed by atoms with Gasteiger partial charge in [0, 0.05) is 19.5 Å². The van der Waals surface area contributed by atoms with Crippen molar-refractivity contribution in [3.63, 3.8) is 0 Å². The molecule has 0 aliphatic heterocycles. The van der Waals surface area contributed by atoms with Gasteiger partial charge >= 0.3 is 0 Å². The van der Waals surface area contributed by atoms with Crippen LogP contribution in [0.5, 0.6) is 5.75 Å². The summed E-state index contributed by atoms with van der Waals surface area (Å²) < 4.78 is 5.68. The Morgan fingerprint density at radius 2 is 1.76 bits per heavy atom. The molecule has 0 aliphatic rings. The number of amides is 2. The van der Waals surface area contributed by atoms with Gasteiger partial charge in [0.15, 0.2) is 0 Å². The zero-order chi connectivity index (χ0) is 21.1. The molecule has 29 heavy (non-hydrogen) atoms. The van der Waals surface area contributed by atoms with Crippen molar-refractivity contribution in [3.05, 3.63) is 65.7 Å². The Morgan fingerprint density at radius 1 is 1.07 bits per heavy atom. The van der Waals surface area contributed by atoms with Crippen molar-refractivity contribution in [1.82, 2.24) is 10.2 Å². The maximum absolute atomic E-state index is 13.0. The second-order valence-electron chi connectivity index (χ2n) is 7.18. The molecule has 0 radical (unpaired) electrons. The average molecular weight is 397 g/mol. The van der Waals surface area contributed by atoms with E-state index in [1.54, 1.807) is 11.8 Å². The molecule has 1 atom stereocenters. The van der Waals surface area contributed by atoms with Crippen LogP contribution in [0.4, 0.5) is 0 Å². The van der Waals surface area contributed by atoms with Gasteiger partial charge < -0.3 is 15.0 Å². The maximum atomic E-state index is 13.0. The fourth-order valence-corrected chi connectivity index (χ4v) is 3.02. The Hall–Kier alpha value is -2.82. The van der Waals surface area contributed by atoms with Crippen LogP contribution in [0.2, 0.25) is 0 Å². The van der Waals surface area contributed by atoms with Crippen molar-refractivity contribution in [3.8, 4) is 5.75 Å². The number of hydrogen-bond acceptors (Lipinski definition) is 3. The Kier molecular flexibility index (Phi) is 9.22. The third-order valence-electron chi connectivity index (χ3n) is 4.87. The fourth-order valence-electron chi connectivity index (χ4n) is 3.02. The summed E-state index contributed by atoms with van der Waals surface area (Å²) in [6, 6.07) is 17.0. The second-order valence-corrected chi connectivity index (χ2v) is 7.18. The summed E-state index contributed by atoms with van der Waals surface area (Å²) >= 11 is 0. The third kappa shape index (κ3) is 7.26. The molecule has 1 N–H and O–H groups in total. The topological polar surface area (TPSA) is 58.6 Å². The van der Waals surface area contributed by atoms with Gasteiger partial charge in [0.2, 0.25) is 11.8 Å². The summed E-state index contributed by atoms with van der Waals surface area (Å²) in [5.74, 6) is 0.641. The van der Waals surface area contributed by atoms with E-state index in [-0.39, 0.29) is 11.8 Å². The predicted octanol–water partition coefficient (Wildman–Crippen LogP) is 4.10. The zero-order valence-corrected chi connectivity index (χ0v) is 17.7. The van der Waals surface area contributed by atoms with Gasteiger partial charge in [-0.1, -0.05) is 49.4 Å². The Labute approximate surface area is 174 Å². The molecule has 156 valence electrons. The lowest BCUT2D eigenvalue weighted by atomic mass is 10.1. The van der Waals surface area contributed by atoms with Crippen molar-refractivity contribution >= 4 is 11.8 Å². The minimum absolute atomic E-state index is 0.0379. The highest BCUT2D eigenvalue weighted by Gasteiger charge is 2.25. The first kappa shape index (κ1) is 22.5. The molecule has 2 amide bonds. The van der Waals surface area contributed by atoms with E-state index < -0.39 is 6.04 Å². The van der Waals surface area contributed by atoms with E-state index in [0.717, 1.165) is 23.3 Å². The largest absolute Gasteiger partial charge is 0.494 e. The van der Waals surface area contributed by atoms with E-state index in [1.807, 2.05) is 68.4 Å². The van der Waals surface area contributed by atoms with E-state index in [4.69, 9.17) is 4.74 Å². The SMILES string of the molecule is CCCNC(=O)[C@H](C)N(Cc1ccccc1C)C(=O)CCCOc1ccccc1. The normalized spacial score (nSPS) is 11.6. The number of benzene rings is 2. The molecule has 5 heteroatoms. The van der Waals surface area contributed by atoms with Crippen molar-refractivity contribution < 1.29 is 14.3 Å². The number of nitrogens with one attached hydrogen (secondary N) is 1. The number of aryl methyl sites for hydroxylation is 1. The quantitative estimate of drug-likeness (QED) is 0.582. The molecule has 0 fully saturated rings. The molecule has 2 aromatic carbocycles. The number of hydrogen-bond donors (Lipinski definition) is 1. The van der Waals surface area contributed by atoms with Crippen LogP contribution in [0.1, 0.15) is 44.2 Å². The molecule has 0 spiro atoms. The van der Waals surface area contributed by atoms with E-state index in [9.17, 15) is 9.59 Å². The van der Waals surface area contributed by atoms with Crippen LogP contribution in [0.3, 0.4) is 0 Å². The molecule has 0 aromatic heterocycles. The van der Waals surface area contributed by atoms with E-state index >= 15 is 0 Å². The minimum Gasteiger partial charge on any atom is -0.494 e. The highest BCUT2D eigenvalue weighted by Crippen LogP contribution is 2.15. The summed E-state index contributed by atoms with van der Waals surface area (Å²) in [5.41, 5.74) is 2.16. The standard InChI is InChI=1S/C24H32N2O3/c1-4-16-25-24(28)20(3)26(18-21-12-9-8-11-19(21)2)23(27)15-10-17-29-22-13-6-5-7-14-22/h5-9,11-14,20H,4,10,15-18H2,1-3H3,(H,25,28)/t20-/m0/s1. The maximum Gasteiger partial charge on any atom is 0.242 e. The summed E-state index contributed by atoms with van der Waals surface area (Å²) in [7, 11) is 0. The van der Waals surface area contributed by atoms with E-state index in [2.05, 4.69) is 5.32 Å². The van der Waals surface area contributed by atoms with Crippen LogP contribution >= 0.6 is 0 Å². The first-order chi connectivity index (χ1) is 14.0.